The van der Waals surface area contributed by atoms with E-state index in [1.54, 1.807) is 43.0 Å². The second-order valence-corrected chi connectivity index (χ2v) is 7.23. The molecule has 0 unspecified atom stereocenters. The average Bonchev–Trinajstić information content (AvgIpc) is 3.26. The molecule has 148 valence electrons. The predicted molar refractivity (Wildman–Crippen MR) is 101 cm³/mol. The zero-order chi connectivity index (χ0) is 19.9. The summed E-state index contributed by atoms with van der Waals surface area (Å²) in [5, 5.41) is 20.8. The van der Waals surface area contributed by atoms with Crippen LogP contribution in [-0.2, 0) is 5.60 Å². The Hall–Kier alpha value is -2.85. The molecule has 1 aliphatic heterocycles. The van der Waals surface area contributed by atoms with Gasteiger partial charge in [0, 0.05) is 19.3 Å². The van der Waals surface area contributed by atoms with Crippen molar-refractivity contribution in [1.82, 2.24) is 29.9 Å². The second-order valence-electron chi connectivity index (χ2n) is 7.23. The van der Waals surface area contributed by atoms with Gasteiger partial charge in [-0.15, -0.1) is 0 Å². The SMILES string of the molecule is COc1cn2ncc(-c3ccnc(N[C@H]4CNC[C@@H]4F)n3)c2nc1C(C)(C)O. The monoisotopic (exact) mass is 387 g/mol. The molecule has 2 atom stereocenters. The van der Waals surface area contributed by atoms with Crippen LogP contribution in [0.15, 0.2) is 24.7 Å². The van der Waals surface area contributed by atoms with Crippen molar-refractivity contribution in [3.8, 4) is 17.0 Å². The number of anilines is 1. The predicted octanol–water partition coefficient (Wildman–Crippen LogP) is 1.14. The summed E-state index contributed by atoms with van der Waals surface area (Å²) >= 11 is 0. The molecule has 0 bridgehead atoms. The molecular formula is C18H22FN7O2. The summed E-state index contributed by atoms with van der Waals surface area (Å²) in [5.74, 6) is 0.770. The van der Waals surface area contributed by atoms with Crippen LogP contribution in [0, 0.1) is 0 Å². The van der Waals surface area contributed by atoms with Gasteiger partial charge in [0.05, 0.1) is 36.8 Å². The molecule has 0 saturated carbocycles. The van der Waals surface area contributed by atoms with Gasteiger partial charge in [0.2, 0.25) is 5.95 Å². The van der Waals surface area contributed by atoms with Crippen LogP contribution in [0.1, 0.15) is 19.5 Å². The number of methoxy groups -OCH3 is 1. The van der Waals surface area contributed by atoms with Crippen LogP contribution in [0.5, 0.6) is 5.75 Å². The van der Waals surface area contributed by atoms with Gasteiger partial charge in [-0.05, 0) is 19.9 Å². The lowest BCUT2D eigenvalue weighted by Crippen LogP contribution is -2.30. The largest absolute Gasteiger partial charge is 0.493 e. The number of nitrogens with zero attached hydrogens (tertiary/aromatic N) is 5. The van der Waals surface area contributed by atoms with Gasteiger partial charge in [0.15, 0.2) is 11.4 Å². The zero-order valence-corrected chi connectivity index (χ0v) is 15.8. The smallest absolute Gasteiger partial charge is 0.223 e. The Morgan fingerprint density at radius 1 is 1.36 bits per heavy atom. The highest BCUT2D eigenvalue weighted by molar-refractivity contribution is 5.75. The maximum absolute atomic E-state index is 13.8. The lowest BCUT2D eigenvalue weighted by Gasteiger charge is -2.19. The molecule has 4 heterocycles. The van der Waals surface area contributed by atoms with Gasteiger partial charge in [0.25, 0.3) is 0 Å². The lowest BCUT2D eigenvalue weighted by atomic mass is 10.0. The van der Waals surface area contributed by atoms with E-state index < -0.39 is 11.8 Å². The third-order valence-electron chi connectivity index (χ3n) is 4.65. The highest BCUT2D eigenvalue weighted by atomic mass is 19.1. The van der Waals surface area contributed by atoms with E-state index in [0.717, 1.165) is 0 Å². The molecule has 1 saturated heterocycles. The topological polar surface area (TPSA) is 109 Å². The van der Waals surface area contributed by atoms with Crippen LogP contribution < -0.4 is 15.4 Å². The molecule has 0 amide bonds. The van der Waals surface area contributed by atoms with Crippen molar-refractivity contribution in [2.45, 2.75) is 31.7 Å². The molecule has 1 fully saturated rings. The van der Waals surface area contributed by atoms with Crippen LogP contribution in [0.2, 0.25) is 0 Å². The van der Waals surface area contributed by atoms with E-state index >= 15 is 0 Å². The van der Waals surface area contributed by atoms with Crippen molar-refractivity contribution in [3.63, 3.8) is 0 Å². The first kappa shape index (κ1) is 18.5. The number of alkyl halides is 1. The quantitative estimate of drug-likeness (QED) is 0.598. The van der Waals surface area contributed by atoms with E-state index in [-0.39, 0.29) is 6.04 Å². The minimum absolute atomic E-state index is 0.316. The van der Waals surface area contributed by atoms with Crippen molar-refractivity contribution < 1.29 is 14.2 Å². The van der Waals surface area contributed by atoms with Crippen molar-refractivity contribution in [1.29, 1.82) is 0 Å². The Kier molecular flexibility index (Phi) is 4.60. The molecule has 10 heteroatoms. The van der Waals surface area contributed by atoms with E-state index in [1.807, 2.05) is 0 Å². The molecular weight excluding hydrogens is 365 g/mol. The Labute approximate surface area is 161 Å². The molecule has 4 rings (SSSR count). The van der Waals surface area contributed by atoms with Gasteiger partial charge in [-0.1, -0.05) is 0 Å². The molecule has 0 aliphatic carbocycles. The summed E-state index contributed by atoms with van der Waals surface area (Å²) in [5.41, 5.74) is 0.981. The van der Waals surface area contributed by atoms with Gasteiger partial charge < -0.3 is 20.5 Å². The summed E-state index contributed by atoms with van der Waals surface area (Å²) in [6.07, 6.45) is 3.91. The van der Waals surface area contributed by atoms with Crippen molar-refractivity contribution in [3.05, 3.63) is 30.4 Å². The molecule has 0 radical (unpaired) electrons. The molecule has 0 aromatic carbocycles. The minimum atomic E-state index is -1.20. The average molecular weight is 387 g/mol. The third-order valence-corrected chi connectivity index (χ3v) is 4.65. The van der Waals surface area contributed by atoms with E-state index in [0.29, 0.717) is 47.4 Å². The van der Waals surface area contributed by atoms with Crippen molar-refractivity contribution >= 4 is 11.6 Å². The number of halogens is 1. The van der Waals surface area contributed by atoms with Gasteiger partial charge >= 0.3 is 0 Å². The fraction of sp³-hybridized carbons (Fsp3) is 0.444. The highest BCUT2D eigenvalue weighted by Crippen LogP contribution is 2.31. The number of aromatic nitrogens is 5. The Balaban J connectivity index is 1.74. The Morgan fingerprint density at radius 3 is 2.86 bits per heavy atom. The van der Waals surface area contributed by atoms with E-state index in [9.17, 15) is 9.50 Å². The third kappa shape index (κ3) is 3.36. The highest BCUT2D eigenvalue weighted by Gasteiger charge is 2.28. The molecule has 9 nitrogen and oxygen atoms in total. The van der Waals surface area contributed by atoms with Crippen LogP contribution in [0.3, 0.4) is 0 Å². The Bertz CT molecular complexity index is 1000. The molecule has 1 aliphatic rings. The van der Waals surface area contributed by atoms with Crippen molar-refractivity contribution in [2.75, 3.05) is 25.5 Å². The fourth-order valence-corrected chi connectivity index (χ4v) is 3.20. The summed E-state index contributed by atoms with van der Waals surface area (Å²) in [4.78, 5) is 13.3. The molecule has 3 aromatic rings. The van der Waals surface area contributed by atoms with Crippen LogP contribution in [-0.4, -0.2) is 62.1 Å². The summed E-state index contributed by atoms with van der Waals surface area (Å²) in [6.45, 7) is 4.11. The second kappa shape index (κ2) is 6.95. The standard InChI is InChI=1S/C18H22FN7O2/c1-18(2,27)15-14(28-3)9-26-16(25-15)10(6-22-26)12-4-5-21-17(23-12)24-13-8-20-7-11(13)19/h4-6,9,11,13,20,27H,7-8H2,1-3H3,(H,21,23,24)/t11-,13-/m0/s1. The van der Waals surface area contributed by atoms with Crippen molar-refractivity contribution in [2.24, 2.45) is 0 Å². The van der Waals surface area contributed by atoms with E-state index in [2.05, 4.69) is 30.7 Å². The summed E-state index contributed by atoms with van der Waals surface area (Å²) in [6, 6.07) is 1.36. The minimum Gasteiger partial charge on any atom is -0.493 e. The normalized spacial score (nSPS) is 19.9. The number of fused-ring (bicyclic) bond motifs is 1. The maximum Gasteiger partial charge on any atom is 0.223 e. The van der Waals surface area contributed by atoms with Gasteiger partial charge in [-0.3, -0.25) is 0 Å². The first-order chi connectivity index (χ1) is 13.4. The Morgan fingerprint density at radius 2 is 2.18 bits per heavy atom. The number of hydrogen-bond acceptors (Lipinski definition) is 8. The molecule has 3 aromatic heterocycles. The number of rotatable bonds is 5. The van der Waals surface area contributed by atoms with Gasteiger partial charge in [0.1, 0.15) is 17.5 Å². The van der Waals surface area contributed by atoms with Crippen LogP contribution in [0.25, 0.3) is 16.9 Å². The first-order valence-corrected chi connectivity index (χ1v) is 8.97. The van der Waals surface area contributed by atoms with Crippen LogP contribution >= 0.6 is 0 Å². The molecule has 0 spiro atoms. The maximum atomic E-state index is 13.8. The van der Waals surface area contributed by atoms with Gasteiger partial charge in [-0.25, -0.2) is 23.9 Å². The number of nitrogens with one attached hydrogen (secondary N) is 2. The van der Waals surface area contributed by atoms with Gasteiger partial charge in [-0.2, -0.15) is 5.10 Å². The molecule has 3 N–H and O–H groups in total. The first-order valence-electron chi connectivity index (χ1n) is 8.97. The number of ether oxygens (including phenoxy) is 1. The molecule has 28 heavy (non-hydrogen) atoms. The van der Waals surface area contributed by atoms with Crippen LogP contribution in [0.4, 0.5) is 10.3 Å². The zero-order valence-electron chi connectivity index (χ0n) is 15.8. The summed E-state index contributed by atoms with van der Waals surface area (Å²) in [7, 11) is 1.51. The number of hydrogen-bond donors (Lipinski definition) is 3. The van der Waals surface area contributed by atoms with E-state index in [4.69, 9.17) is 4.74 Å². The summed E-state index contributed by atoms with van der Waals surface area (Å²) < 4.78 is 20.7. The fourth-order valence-electron chi connectivity index (χ4n) is 3.20. The lowest BCUT2D eigenvalue weighted by molar-refractivity contribution is 0.0707. The number of aliphatic hydroxyl groups is 1. The van der Waals surface area contributed by atoms with E-state index in [1.165, 1.54) is 7.11 Å².